The molecule has 0 saturated carbocycles. The van der Waals surface area contributed by atoms with Crippen molar-refractivity contribution in [1.29, 1.82) is 0 Å². The van der Waals surface area contributed by atoms with E-state index in [2.05, 4.69) is 45.8 Å². The lowest BCUT2D eigenvalue weighted by atomic mass is 9.98. The van der Waals surface area contributed by atoms with Crippen LogP contribution in [0.3, 0.4) is 0 Å². The first-order valence-electron chi connectivity index (χ1n) is 7.92. The molecule has 0 bridgehead atoms. The number of thiophene rings is 1. The summed E-state index contributed by atoms with van der Waals surface area (Å²) in [7, 11) is 1.84. The molecule has 1 aliphatic rings. The van der Waals surface area contributed by atoms with Gasteiger partial charge in [0.15, 0.2) is 5.96 Å². The van der Waals surface area contributed by atoms with Crippen LogP contribution >= 0.6 is 11.3 Å². The quantitative estimate of drug-likeness (QED) is 0.648. The Hall–Kier alpha value is -1.07. The number of piperidine rings is 1. The smallest absolute Gasteiger partial charge is 0.191 e. The summed E-state index contributed by atoms with van der Waals surface area (Å²) in [6.07, 6.45) is 2.64. The van der Waals surface area contributed by atoms with E-state index in [1.165, 1.54) is 42.9 Å². The van der Waals surface area contributed by atoms with Gasteiger partial charge in [-0.15, -0.1) is 11.3 Å². The summed E-state index contributed by atoms with van der Waals surface area (Å²) in [5, 5.41) is 9.04. The number of hydrogen-bond donors (Lipinski definition) is 2. The van der Waals surface area contributed by atoms with E-state index in [0.717, 1.165) is 25.0 Å². The van der Waals surface area contributed by atoms with Crippen molar-refractivity contribution >= 4 is 17.3 Å². The molecule has 2 N–H and O–H groups in total. The number of rotatable bonds is 5. The summed E-state index contributed by atoms with van der Waals surface area (Å²) in [5.41, 5.74) is 1.36. The van der Waals surface area contributed by atoms with Crippen LogP contribution in [0.15, 0.2) is 16.4 Å². The van der Waals surface area contributed by atoms with Crippen molar-refractivity contribution in [2.75, 3.05) is 33.2 Å². The van der Waals surface area contributed by atoms with Crippen LogP contribution in [0.2, 0.25) is 0 Å². The van der Waals surface area contributed by atoms with Gasteiger partial charge in [0.05, 0.1) is 6.54 Å². The van der Waals surface area contributed by atoms with E-state index >= 15 is 0 Å². The molecule has 1 saturated heterocycles. The molecule has 5 heteroatoms. The highest BCUT2D eigenvalue weighted by atomic mass is 32.1. The number of likely N-dealkylation sites (tertiary alicyclic amines) is 1. The lowest BCUT2D eigenvalue weighted by Crippen LogP contribution is -2.44. The molecule has 0 radical (unpaired) electrons. The van der Waals surface area contributed by atoms with Gasteiger partial charge in [-0.2, -0.15) is 0 Å². The van der Waals surface area contributed by atoms with E-state index in [9.17, 15) is 0 Å². The number of nitrogens with zero attached hydrogens (tertiary/aromatic N) is 2. The van der Waals surface area contributed by atoms with Gasteiger partial charge in [-0.25, -0.2) is 0 Å². The molecule has 0 amide bonds. The maximum Gasteiger partial charge on any atom is 0.191 e. The predicted molar refractivity (Wildman–Crippen MR) is 92.1 cm³/mol. The molecule has 4 nitrogen and oxygen atoms in total. The van der Waals surface area contributed by atoms with Crippen molar-refractivity contribution in [3.05, 3.63) is 21.9 Å². The van der Waals surface area contributed by atoms with Gasteiger partial charge in [-0.3, -0.25) is 4.99 Å². The zero-order chi connectivity index (χ0) is 15.1. The maximum absolute atomic E-state index is 4.33. The average molecular weight is 308 g/mol. The van der Waals surface area contributed by atoms with E-state index in [1.807, 2.05) is 7.05 Å². The molecular formula is C16H28N4S. The second kappa shape index (κ2) is 8.39. The number of aryl methyl sites for hydroxylation is 1. The SMILES string of the molecule is CCN1CCCC(CNC(=NC)NCc2sccc2C)C1. The Kier molecular flexibility index (Phi) is 6.51. The second-order valence-corrected chi connectivity index (χ2v) is 6.74. The number of aliphatic imine (C=N–C) groups is 1. The molecule has 1 aromatic heterocycles. The first kappa shape index (κ1) is 16.3. The summed E-state index contributed by atoms with van der Waals surface area (Å²) in [6, 6.07) is 2.17. The largest absolute Gasteiger partial charge is 0.356 e. The molecule has 0 aromatic carbocycles. The van der Waals surface area contributed by atoms with Crippen LogP contribution in [0.1, 0.15) is 30.2 Å². The van der Waals surface area contributed by atoms with Gasteiger partial charge in [0.2, 0.25) is 0 Å². The molecule has 2 heterocycles. The number of guanidine groups is 1. The molecule has 1 fully saturated rings. The molecule has 1 atom stereocenters. The molecule has 1 aromatic rings. The van der Waals surface area contributed by atoms with E-state index in [-0.39, 0.29) is 0 Å². The van der Waals surface area contributed by atoms with Gasteiger partial charge < -0.3 is 15.5 Å². The van der Waals surface area contributed by atoms with Crippen LogP contribution in [-0.4, -0.2) is 44.1 Å². The summed E-state index contributed by atoms with van der Waals surface area (Å²) >= 11 is 1.80. The van der Waals surface area contributed by atoms with Gasteiger partial charge in [0, 0.05) is 25.0 Å². The third-order valence-electron chi connectivity index (χ3n) is 4.22. The Morgan fingerprint density at radius 2 is 2.33 bits per heavy atom. The van der Waals surface area contributed by atoms with Crippen LogP contribution in [0.25, 0.3) is 0 Å². The van der Waals surface area contributed by atoms with Crippen LogP contribution in [0.4, 0.5) is 0 Å². The highest BCUT2D eigenvalue weighted by Gasteiger charge is 2.18. The zero-order valence-corrected chi connectivity index (χ0v) is 14.3. The van der Waals surface area contributed by atoms with Gasteiger partial charge in [-0.1, -0.05) is 6.92 Å². The van der Waals surface area contributed by atoms with E-state index in [4.69, 9.17) is 0 Å². The molecule has 118 valence electrons. The average Bonchev–Trinajstić information content (AvgIpc) is 2.93. The number of hydrogen-bond acceptors (Lipinski definition) is 3. The zero-order valence-electron chi connectivity index (χ0n) is 13.5. The fourth-order valence-electron chi connectivity index (χ4n) is 2.82. The minimum Gasteiger partial charge on any atom is -0.356 e. The first-order chi connectivity index (χ1) is 10.2. The van der Waals surface area contributed by atoms with Crippen LogP contribution in [0.5, 0.6) is 0 Å². The van der Waals surface area contributed by atoms with Crippen molar-refractivity contribution in [2.45, 2.75) is 33.2 Å². The van der Waals surface area contributed by atoms with Gasteiger partial charge in [0.25, 0.3) is 0 Å². The Morgan fingerprint density at radius 3 is 3.00 bits per heavy atom. The van der Waals surface area contributed by atoms with E-state index in [0.29, 0.717) is 0 Å². The third-order valence-corrected chi connectivity index (χ3v) is 5.24. The van der Waals surface area contributed by atoms with Gasteiger partial charge >= 0.3 is 0 Å². The highest BCUT2D eigenvalue weighted by molar-refractivity contribution is 7.10. The topological polar surface area (TPSA) is 39.7 Å². The highest BCUT2D eigenvalue weighted by Crippen LogP contribution is 2.16. The standard InChI is InChI=1S/C16H28N4S/c1-4-20-8-5-6-14(12-20)10-18-16(17-3)19-11-15-13(2)7-9-21-15/h7,9,14H,4-6,8,10-12H2,1-3H3,(H2,17,18,19). The van der Waals surface area contributed by atoms with Crippen LogP contribution in [0, 0.1) is 12.8 Å². The fraction of sp³-hybridized carbons (Fsp3) is 0.688. The molecular weight excluding hydrogens is 280 g/mol. The van der Waals surface area contributed by atoms with Gasteiger partial charge in [0.1, 0.15) is 0 Å². The Balaban J connectivity index is 1.74. The maximum atomic E-state index is 4.33. The second-order valence-electron chi connectivity index (χ2n) is 5.73. The van der Waals surface area contributed by atoms with E-state index < -0.39 is 0 Å². The minimum absolute atomic E-state index is 0.737. The minimum atomic E-state index is 0.737. The predicted octanol–water partition coefficient (Wildman–Crippen LogP) is 2.45. The van der Waals surface area contributed by atoms with Crippen molar-refractivity contribution in [1.82, 2.24) is 15.5 Å². The third kappa shape index (κ3) is 5.00. The Morgan fingerprint density at radius 1 is 1.48 bits per heavy atom. The van der Waals surface area contributed by atoms with E-state index in [1.54, 1.807) is 11.3 Å². The van der Waals surface area contributed by atoms with Crippen LogP contribution < -0.4 is 10.6 Å². The van der Waals surface area contributed by atoms with Crippen LogP contribution in [-0.2, 0) is 6.54 Å². The summed E-state index contributed by atoms with van der Waals surface area (Å²) in [6.45, 7) is 9.92. The summed E-state index contributed by atoms with van der Waals surface area (Å²) in [4.78, 5) is 8.25. The fourth-order valence-corrected chi connectivity index (χ4v) is 3.66. The normalized spacial score (nSPS) is 20.5. The monoisotopic (exact) mass is 308 g/mol. The molecule has 1 unspecified atom stereocenters. The van der Waals surface area contributed by atoms with Gasteiger partial charge in [-0.05, 0) is 55.8 Å². The van der Waals surface area contributed by atoms with Crippen molar-refractivity contribution in [2.24, 2.45) is 10.9 Å². The first-order valence-corrected chi connectivity index (χ1v) is 8.80. The Labute approximate surface area is 132 Å². The molecule has 0 spiro atoms. The Bertz CT molecular complexity index is 455. The van der Waals surface area contributed by atoms with Crippen molar-refractivity contribution in [3.8, 4) is 0 Å². The lowest BCUT2D eigenvalue weighted by molar-refractivity contribution is 0.183. The summed E-state index contributed by atoms with van der Waals surface area (Å²) in [5.74, 6) is 1.65. The van der Waals surface area contributed by atoms with Crippen molar-refractivity contribution < 1.29 is 0 Å². The molecule has 0 aliphatic carbocycles. The lowest BCUT2D eigenvalue weighted by Gasteiger charge is -2.32. The van der Waals surface area contributed by atoms with Crippen molar-refractivity contribution in [3.63, 3.8) is 0 Å². The molecule has 1 aliphatic heterocycles. The number of nitrogens with one attached hydrogen (secondary N) is 2. The molecule has 21 heavy (non-hydrogen) atoms. The summed E-state index contributed by atoms with van der Waals surface area (Å²) < 4.78 is 0. The molecule has 2 rings (SSSR count).